The summed E-state index contributed by atoms with van der Waals surface area (Å²) >= 11 is 0. The molecule has 0 aliphatic heterocycles. The summed E-state index contributed by atoms with van der Waals surface area (Å²) in [5.41, 5.74) is 0. The first kappa shape index (κ1) is 13.4. The highest BCUT2D eigenvalue weighted by atomic mass is 16.5. The maximum absolute atomic E-state index is 11.4. The molecule has 1 aromatic rings. The molecule has 0 saturated carbocycles. The minimum atomic E-state index is -0.00472. The normalized spacial score (nSPS) is 10.1. The number of carbonyl (C=O) groups is 1. The molecular weight excluding hydrogens is 218 g/mol. The van der Waals surface area contributed by atoms with Crippen molar-refractivity contribution in [1.82, 2.24) is 5.32 Å². The van der Waals surface area contributed by atoms with E-state index < -0.39 is 0 Å². The molecule has 0 aliphatic carbocycles. The van der Waals surface area contributed by atoms with E-state index in [1.54, 1.807) is 7.11 Å². The van der Waals surface area contributed by atoms with Crippen molar-refractivity contribution in [2.24, 2.45) is 0 Å². The van der Waals surface area contributed by atoms with Crippen molar-refractivity contribution >= 4 is 5.91 Å². The van der Waals surface area contributed by atoms with Gasteiger partial charge in [-0.1, -0.05) is 12.1 Å². The highest BCUT2D eigenvalue weighted by Crippen LogP contribution is 2.25. The Hall–Kier alpha value is -1.71. The molecule has 4 heteroatoms. The SMILES string of the molecule is COc1ccccc1OCCC(=O)NC(C)C. The number of methoxy groups -OCH3 is 1. The van der Waals surface area contributed by atoms with Crippen LogP contribution in [0.2, 0.25) is 0 Å². The molecule has 0 aliphatic rings. The summed E-state index contributed by atoms with van der Waals surface area (Å²) in [6.07, 6.45) is 0.343. The molecule has 1 aromatic carbocycles. The van der Waals surface area contributed by atoms with Crippen LogP contribution in [0.5, 0.6) is 11.5 Å². The van der Waals surface area contributed by atoms with Gasteiger partial charge in [-0.25, -0.2) is 0 Å². The lowest BCUT2D eigenvalue weighted by Crippen LogP contribution is -2.31. The number of amides is 1. The smallest absolute Gasteiger partial charge is 0.223 e. The molecule has 0 heterocycles. The van der Waals surface area contributed by atoms with Crippen LogP contribution in [0.1, 0.15) is 20.3 Å². The Kier molecular flexibility index (Phi) is 5.33. The van der Waals surface area contributed by atoms with Gasteiger partial charge in [0.1, 0.15) is 0 Å². The second-order valence-corrected chi connectivity index (χ2v) is 3.97. The number of benzene rings is 1. The van der Waals surface area contributed by atoms with E-state index in [9.17, 15) is 4.79 Å². The number of hydrogen-bond acceptors (Lipinski definition) is 3. The fourth-order valence-electron chi connectivity index (χ4n) is 1.39. The van der Waals surface area contributed by atoms with Gasteiger partial charge in [0, 0.05) is 6.04 Å². The zero-order valence-corrected chi connectivity index (χ0v) is 10.5. The lowest BCUT2D eigenvalue weighted by atomic mass is 10.3. The zero-order chi connectivity index (χ0) is 12.7. The van der Waals surface area contributed by atoms with Gasteiger partial charge < -0.3 is 14.8 Å². The molecule has 1 rings (SSSR count). The highest BCUT2D eigenvalue weighted by molar-refractivity contribution is 5.76. The number of rotatable bonds is 6. The summed E-state index contributed by atoms with van der Waals surface area (Å²) in [6, 6.07) is 7.54. The Labute approximate surface area is 102 Å². The second-order valence-electron chi connectivity index (χ2n) is 3.97. The standard InChI is InChI=1S/C13H19NO3/c1-10(2)14-13(15)8-9-17-12-7-5-4-6-11(12)16-3/h4-7,10H,8-9H2,1-3H3,(H,14,15). The van der Waals surface area contributed by atoms with Gasteiger partial charge in [0.2, 0.25) is 5.91 Å². The van der Waals surface area contributed by atoms with Gasteiger partial charge >= 0.3 is 0 Å². The van der Waals surface area contributed by atoms with E-state index in [-0.39, 0.29) is 11.9 Å². The molecule has 0 bridgehead atoms. The molecular formula is C13H19NO3. The van der Waals surface area contributed by atoms with Crippen molar-refractivity contribution in [1.29, 1.82) is 0 Å². The van der Waals surface area contributed by atoms with E-state index in [2.05, 4.69) is 5.32 Å². The third-order valence-corrected chi connectivity index (χ3v) is 2.11. The summed E-state index contributed by atoms with van der Waals surface area (Å²) in [5, 5.41) is 2.81. The van der Waals surface area contributed by atoms with Crippen LogP contribution in [-0.4, -0.2) is 25.7 Å². The van der Waals surface area contributed by atoms with E-state index >= 15 is 0 Å². The van der Waals surface area contributed by atoms with E-state index in [0.717, 1.165) is 0 Å². The molecule has 94 valence electrons. The predicted molar refractivity (Wildman–Crippen MR) is 66.4 cm³/mol. The first-order chi connectivity index (χ1) is 8.13. The Morgan fingerprint density at radius 2 is 1.94 bits per heavy atom. The van der Waals surface area contributed by atoms with Gasteiger partial charge in [0.15, 0.2) is 11.5 Å². The molecule has 0 fully saturated rings. The Bertz CT molecular complexity index is 363. The fraction of sp³-hybridized carbons (Fsp3) is 0.462. The van der Waals surface area contributed by atoms with Crippen molar-refractivity contribution in [3.63, 3.8) is 0 Å². The van der Waals surface area contributed by atoms with Crippen molar-refractivity contribution in [3.8, 4) is 11.5 Å². The van der Waals surface area contributed by atoms with Crippen molar-refractivity contribution < 1.29 is 14.3 Å². The highest BCUT2D eigenvalue weighted by Gasteiger charge is 2.05. The average molecular weight is 237 g/mol. The molecule has 0 atom stereocenters. The summed E-state index contributed by atoms with van der Waals surface area (Å²) in [7, 11) is 1.59. The van der Waals surface area contributed by atoms with Crippen LogP contribution in [0.15, 0.2) is 24.3 Å². The first-order valence-electron chi connectivity index (χ1n) is 5.68. The minimum absolute atomic E-state index is 0.00472. The van der Waals surface area contributed by atoms with Crippen molar-refractivity contribution in [3.05, 3.63) is 24.3 Å². The second kappa shape index (κ2) is 6.78. The van der Waals surface area contributed by atoms with Crippen molar-refractivity contribution in [2.75, 3.05) is 13.7 Å². The molecule has 0 radical (unpaired) electrons. The Balaban J connectivity index is 2.38. The number of carbonyl (C=O) groups excluding carboxylic acids is 1. The molecule has 0 saturated heterocycles. The molecule has 1 N–H and O–H groups in total. The summed E-state index contributed by atoms with van der Waals surface area (Å²) in [5.74, 6) is 1.33. The van der Waals surface area contributed by atoms with Crippen molar-refractivity contribution in [2.45, 2.75) is 26.3 Å². The number of ether oxygens (including phenoxy) is 2. The first-order valence-corrected chi connectivity index (χ1v) is 5.68. The fourth-order valence-corrected chi connectivity index (χ4v) is 1.39. The Morgan fingerprint density at radius 3 is 2.53 bits per heavy atom. The lowest BCUT2D eigenvalue weighted by molar-refractivity contribution is -0.122. The molecule has 17 heavy (non-hydrogen) atoms. The third-order valence-electron chi connectivity index (χ3n) is 2.11. The lowest BCUT2D eigenvalue weighted by Gasteiger charge is -2.11. The van der Waals surface area contributed by atoms with E-state index in [1.807, 2.05) is 38.1 Å². The van der Waals surface area contributed by atoms with Crippen LogP contribution < -0.4 is 14.8 Å². The molecule has 0 unspecified atom stereocenters. The van der Waals surface area contributed by atoms with Crippen LogP contribution in [0.3, 0.4) is 0 Å². The minimum Gasteiger partial charge on any atom is -0.493 e. The zero-order valence-electron chi connectivity index (χ0n) is 10.5. The van der Waals surface area contributed by atoms with Crippen LogP contribution in [0.4, 0.5) is 0 Å². The topological polar surface area (TPSA) is 47.6 Å². The Morgan fingerprint density at radius 1 is 1.29 bits per heavy atom. The predicted octanol–water partition coefficient (Wildman–Crippen LogP) is 1.99. The third kappa shape index (κ3) is 4.76. The average Bonchev–Trinajstić information content (AvgIpc) is 2.28. The molecule has 0 aromatic heterocycles. The van der Waals surface area contributed by atoms with E-state index in [4.69, 9.17) is 9.47 Å². The van der Waals surface area contributed by atoms with Crippen LogP contribution in [-0.2, 0) is 4.79 Å². The van der Waals surface area contributed by atoms with Gasteiger partial charge in [-0.05, 0) is 26.0 Å². The summed E-state index contributed by atoms with van der Waals surface area (Å²) < 4.78 is 10.6. The van der Waals surface area contributed by atoms with E-state index in [1.165, 1.54) is 0 Å². The molecule has 4 nitrogen and oxygen atoms in total. The summed E-state index contributed by atoms with van der Waals surface area (Å²) in [4.78, 5) is 11.4. The van der Waals surface area contributed by atoms with Gasteiger partial charge in [-0.15, -0.1) is 0 Å². The molecule has 1 amide bonds. The maximum atomic E-state index is 11.4. The van der Waals surface area contributed by atoms with Crippen LogP contribution >= 0.6 is 0 Å². The monoisotopic (exact) mass is 237 g/mol. The maximum Gasteiger partial charge on any atom is 0.223 e. The number of hydrogen-bond donors (Lipinski definition) is 1. The van der Waals surface area contributed by atoms with E-state index in [0.29, 0.717) is 24.5 Å². The van der Waals surface area contributed by atoms with Crippen LogP contribution in [0, 0.1) is 0 Å². The van der Waals surface area contributed by atoms with Gasteiger partial charge in [0.05, 0.1) is 20.1 Å². The van der Waals surface area contributed by atoms with Gasteiger partial charge in [-0.3, -0.25) is 4.79 Å². The summed E-state index contributed by atoms with van der Waals surface area (Å²) in [6.45, 7) is 4.21. The molecule has 0 spiro atoms. The number of para-hydroxylation sites is 2. The van der Waals surface area contributed by atoms with Gasteiger partial charge in [0.25, 0.3) is 0 Å². The number of nitrogens with one attached hydrogen (secondary N) is 1. The van der Waals surface area contributed by atoms with Crippen LogP contribution in [0.25, 0.3) is 0 Å². The van der Waals surface area contributed by atoms with Gasteiger partial charge in [-0.2, -0.15) is 0 Å². The largest absolute Gasteiger partial charge is 0.493 e. The quantitative estimate of drug-likeness (QED) is 0.823.